The second kappa shape index (κ2) is 6.34. The highest BCUT2D eigenvalue weighted by Gasteiger charge is 2.40. The van der Waals surface area contributed by atoms with Gasteiger partial charge in [-0.15, -0.1) is 0 Å². The maximum Gasteiger partial charge on any atom is 0.311 e. The average molecular weight is 317 g/mol. The van der Waals surface area contributed by atoms with Crippen molar-refractivity contribution in [3.05, 3.63) is 0 Å². The van der Waals surface area contributed by atoms with E-state index in [9.17, 15) is 23.1 Å². The Kier molecular flexibility index (Phi) is 4.91. The molecule has 2 N–H and O–H groups in total. The summed E-state index contributed by atoms with van der Waals surface area (Å²) < 4.78 is 22.7. The fourth-order valence-corrected chi connectivity index (χ4v) is 5.19. The largest absolute Gasteiger partial charge is 0.481 e. The first kappa shape index (κ1) is 16.3. The van der Waals surface area contributed by atoms with Crippen molar-refractivity contribution in [3.8, 4) is 0 Å². The molecule has 1 heterocycles. The number of sulfone groups is 1. The zero-order valence-electron chi connectivity index (χ0n) is 12.1. The molecule has 7 heteroatoms. The minimum atomic E-state index is -2.98. The molecule has 2 fully saturated rings. The zero-order chi connectivity index (χ0) is 15.5. The van der Waals surface area contributed by atoms with Gasteiger partial charge in [-0.1, -0.05) is 19.3 Å². The summed E-state index contributed by atoms with van der Waals surface area (Å²) in [5.41, 5.74) is -0.838. The van der Waals surface area contributed by atoms with Gasteiger partial charge in [0.15, 0.2) is 9.84 Å². The van der Waals surface area contributed by atoms with Gasteiger partial charge in [0.25, 0.3) is 0 Å². The second-order valence-electron chi connectivity index (χ2n) is 6.40. The molecule has 2 rings (SSSR count). The molecule has 0 bridgehead atoms. The number of carboxylic acids is 1. The summed E-state index contributed by atoms with van der Waals surface area (Å²) in [6.07, 6.45) is 4.70. The van der Waals surface area contributed by atoms with Gasteiger partial charge < -0.3 is 10.4 Å². The van der Waals surface area contributed by atoms with Gasteiger partial charge in [0.05, 0.1) is 16.9 Å². The number of nitrogens with one attached hydrogen (secondary N) is 1. The number of hydrogen-bond donors (Lipinski definition) is 2. The van der Waals surface area contributed by atoms with Gasteiger partial charge in [-0.05, 0) is 25.2 Å². The molecule has 2 aliphatic rings. The van der Waals surface area contributed by atoms with Crippen LogP contribution in [-0.2, 0) is 19.4 Å². The highest BCUT2D eigenvalue weighted by molar-refractivity contribution is 7.91. The monoisotopic (exact) mass is 317 g/mol. The van der Waals surface area contributed by atoms with Crippen molar-refractivity contribution in [2.24, 2.45) is 11.3 Å². The van der Waals surface area contributed by atoms with Gasteiger partial charge in [0.2, 0.25) is 5.91 Å². The maximum absolute atomic E-state index is 11.9. The van der Waals surface area contributed by atoms with Crippen molar-refractivity contribution in [3.63, 3.8) is 0 Å². The third kappa shape index (κ3) is 4.18. The first-order valence-electron chi connectivity index (χ1n) is 7.54. The molecular formula is C14H23NO5S. The predicted molar refractivity (Wildman–Crippen MR) is 77.5 cm³/mol. The van der Waals surface area contributed by atoms with Crippen LogP contribution >= 0.6 is 0 Å². The molecule has 0 aromatic rings. The molecule has 1 saturated heterocycles. The minimum absolute atomic E-state index is 0.0739. The van der Waals surface area contributed by atoms with Crippen LogP contribution in [0.15, 0.2) is 0 Å². The smallest absolute Gasteiger partial charge is 0.311 e. The topological polar surface area (TPSA) is 101 Å². The van der Waals surface area contributed by atoms with Crippen LogP contribution in [0.3, 0.4) is 0 Å². The first-order valence-corrected chi connectivity index (χ1v) is 9.36. The first-order chi connectivity index (χ1) is 9.83. The Morgan fingerprint density at radius 3 is 2.38 bits per heavy atom. The minimum Gasteiger partial charge on any atom is -0.481 e. The Morgan fingerprint density at radius 2 is 1.86 bits per heavy atom. The molecule has 1 unspecified atom stereocenters. The van der Waals surface area contributed by atoms with Crippen LogP contribution in [0.5, 0.6) is 0 Å². The molecule has 1 atom stereocenters. The van der Waals surface area contributed by atoms with E-state index in [1.54, 1.807) is 0 Å². The number of hydrogen-bond acceptors (Lipinski definition) is 4. The third-order valence-electron chi connectivity index (χ3n) is 4.69. The van der Waals surface area contributed by atoms with E-state index in [1.807, 2.05) is 0 Å². The van der Waals surface area contributed by atoms with Crippen molar-refractivity contribution in [2.75, 3.05) is 18.1 Å². The molecule has 0 aromatic carbocycles. The lowest BCUT2D eigenvalue weighted by Crippen LogP contribution is -2.44. The number of amides is 1. The zero-order valence-corrected chi connectivity index (χ0v) is 13.0. The lowest BCUT2D eigenvalue weighted by Gasteiger charge is -2.33. The second-order valence-corrected chi connectivity index (χ2v) is 8.62. The van der Waals surface area contributed by atoms with E-state index < -0.39 is 21.2 Å². The molecule has 1 aliphatic heterocycles. The van der Waals surface area contributed by atoms with Crippen molar-refractivity contribution >= 4 is 21.7 Å². The standard InChI is InChI=1S/C14H23NO5S/c16-12(8-11-4-7-21(19,20)9-11)15-10-14(13(17)18)5-2-1-3-6-14/h11H,1-10H2,(H,15,16)(H,17,18). The molecule has 6 nitrogen and oxygen atoms in total. The molecule has 0 aromatic heterocycles. The molecule has 1 amide bonds. The fourth-order valence-electron chi connectivity index (χ4n) is 3.33. The van der Waals surface area contributed by atoms with E-state index in [2.05, 4.69) is 5.32 Å². The van der Waals surface area contributed by atoms with Crippen molar-refractivity contribution < 1.29 is 23.1 Å². The van der Waals surface area contributed by atoms with Gasteiger partial charge in [-0.25, -0.2) is 8.42 Å². The quantitative estimate of drug-likeness (QED) is 0.786. The van der Waals surface area contributed by atoms with Gasteiger partial charge in [0, 0.05) is 13.0 Å². The Hall–Kier alpha value is -1.11. The third-order valence-corrected chi connectivity index (χ3v) is 6.53. The number of carbonyl (C=O) groups is 2. The molecule has 21 heavy (non-hydrogen) atoms. The molecular weight excluding hydrogens is 294 g/mol. The van der Waals surface area contributed by atoms with Crippen LogP contribution in [0.1, 0.15) is 44.9 Å². The average Bonchev–Trinajstić information content (AvgIpc) is 2.76. The summed E-state index contributed by atoms with van der Waals surface area (Å²) in [5.74, 6) is -0.967. The number of rotatable bonds is 5. The Balaban J connectivity index is 1.84. The van der Waals surface area contributed by atoms with Gasteiger partial charge in [0.1, 0.15) is 0 Å². The van der Waals surface area contributed by atoms with Crippen LogP contribution in [0.2, 0.25) is 0 Å². The summed E-state index contributed by atoms with van der Waals surface area (Å²) in [4.78, 5) is 23.4. The lowest BCUT2D eigenvalue weighted by atomic mass is 9.74. The van der Waals surface area contributed by atoms with E-state index in [-0.39, 0.29) is 36.3 Å². The lowest BCUT2D eigenvalue weighted by molar-refractivity contribution is -0.151. The summed E-state index contributed by atoms with van der Waals surface area (Å²) >= 11 is 0. The summed E-state index contributed by atoms with van der Waals surface area (Å²) in [7, 11) is -2.98. The van der Waals surface area contributed by atoms with E-state index in [4.69, 9.17) is 0 Å². The summed E-state index contributed by atoms with van der Waals surface area (Å²) in [5, 5.41) is 12.1. The number of carbonyl (C=O) groups excluding carboxylic acids is 1. The highest BCUT2D eigenvalue weighted by Crippen LogP contribution is 2.36. The van der Waals surface area contributed by atoms with Crippen LogP contribution in [0.4, 0.5) is 0 Å². The molecule has 1 saturated carbocycles. The molecule has 0 spiro atoms. The van der Waals surface area contributed by atoms with Crippen LogP contribution < -0.4 is 5.32 Å². The van der Waals surface area contributed by atoms with Gasteiger partial charge in [-0.2, -0.15) is 0 Å². The van der Waals surface area contributed by atoms with Gasteiger partial charge >= 0.3 is 5.97 Å². The number of aliphatic carboxylic acids is 1. The summed E-state index contributed by atoms with van der Waals surface area (Å²) in [6.45, 7) is 0.153. The summed E-state index contributed by atoms with van der Waals surface area (Å²) in [6, 6.07) is 0. The maximum atomic E-state index is 11.9. The van der Waals surface area contributed by atoms with Crippen molar-refractivity contribution in [1.29, 1.82) is 0 Å². The van der Waals surface area contributed by atoms with E-state index in [1.165, 1.54) is 0 Å². The Labute approximate surface area is 125 Å². The SMILES string of the molecule is O=C(CC1CCS(=O)(=O)C1)NCC1(C(=O)O)CCCCC1. The van der Waals surface area contributed by atoms with Crippen LogP contribution in [0, 0.1) is 11.3 Å². The Morgan fingerprint density at radius 1 is 1.19 bits per heavy atom. The molecule has 120 valence electrons. The van der Waals surface area contributed by atoms with E-state index >= 15 is 0 Å². The normalized spacial score (nSPS) is 27.1. The molecule has 0 radical (unpaired) electrons. The van der Waals surface area contributed by atoms with Crippen molar-refractivity contribution in [1.82, 2.24) is 5.32 Å². The van der Waals surface area contributed by atoms with Crippen LogP contribution in [0.25, 0.3) is 0 Å². The van der Waals surface area contributed by atoms with E-state index in [0.29, 0.717) is 19.3 Å². The van der Waals surface area contributed by atoms with Crippen molar-refractivity contribution in [2.45, 2.75) is 44.9 Å². The van der Waals surface area contributed by atoms with Crippen LogP contribution in [-0.4, -0.2) is 43.5 Å². The van der Waals surface area contributed by atoms with Gasteiger partial charge in [-0.3, -0.25) is 9.59 Å². The predicted octanol–water partition coefficient (Wildman–Crippen LogP) is 0.962. The van der Waals surface area contributed by atoms with E-state index in [0.717, 1.165) is 19.3 Å². The highest BCUT2D eigenvalue weighted by atomic mass is 32.2. The molecule has 1 aliphatic carbocycles. The number of carboxylic acid groups (broad SMARTS) is 1. The fraction of sp³-hybridized carbons (Fsp3) is 0.857. The Bertz CT molecular complexity index is 507.